The highest BCUT2D eigenvalue weighted by molar-refractivity contribution is 6.30. The van der Waals surface area contributed by atoms with Gasteiger partial charge in [0.1, 0.15) is 17.4 Å². The van der Waals surface area contributed by atoms with Gasteiger partial charge >= 0.3 is 0 Å². The van der Waals surface area contributed by atoms with Gasteiger partial charge in [-0.25, -0.2) is 4.39 Å². The molecule has 7 nitrogen and oxygen atoms in total. The normalized spacial score (nSPS) is 25.0. The van der Waals surface area contributed by atoms with E-state index >= 15 is 0 Å². The molecule has 3 aliphatic rings. The molecule has 3 amide bonds. The summed E-state index contributed by atoms with van der Waals surface area (Å²) in [4.78, 5) is 37.6. The lowest BCUT2D eigenvalue weighted by Crippen LogP contribution is -2.67. The van der Waals surface area contributed by atoms with Crippen LogP contribution in [-0.4, -0.2) is 35.7 Å². The zero-order chi connectivity index (χ0) is 26.0. The maximum atomic E-state index is 13.7. The van der Waals surface area contributed by atoms with Crippen molar-refractivity contribution in [2.75, 3.05) is 12.5 Å². The highest BCUT2D eigenvalue weighted by Gasteiger charge is 2.58. The number of hydrazine groups is 1. The van der Waals surface area contributed by atoms with Gasteiger partial charge in [-0.15, -0.1) is 11.6 Å². The molecular weight excluding hydrogens is 508 g/mol. The predicted molar refractivity (Wildman–Crippen MR) is 137 cm³/mol. The molecule has 0 radical (unpaired) electrons. The second-order valence-corrected chi connectivity index (χ2v) is 10.8. The zero-order valence-electron chi connectivity index (χ0n) is 20.6. The highest BCUT2D eigenvalue weighted by Crippen LogP contribution is 2.54. The van der Waals surface area contributed by atoms with E-state index in [0.29, 0.717) is 19.3 Å². The summed E-state index contributed by atoms with van der Waals surface area (Å²) in [5, 5.41) is 3.10. The Hall–Kier alpha value is -2.06. The second kappa shape index (κ2) is 13.5. The lowest BCUT2D eigenvalue weighted by atomic mass is 9.53. The monoisotopic (exact) mass is 543 g/mol. The van der Waals surface area contributed by atoms with E-state index in [1.807, 2.05) is 0 Å². The highest BCUT2D eigenvalue weighted by atomic mass is 35.5. The van der Waals surface area contributed by atoms with Gasteiger partial charge in [0.15, 0.2) is 6.61 Å². The minimum absolute atomic E-state index is 0.0169. The summed E-state index contributed by atoms with van der Waals surface area (Å²) in [5.74, 6) is -1.69. The third kappa shape index (κ3) is 7.97. The molecule has 10 heteroatoms. The number of halogens is 3. The number of rotatable bonds is 6. The maximum absolute atomic E-state index is 13.7. The van der Waals surface area contributed by atoms with Crippen LogP contribution in [0, 0.1) is 11.2 Å². The Morgan fingerprint density at radius 1 is 0.889 bits per heavy atom. The van der Waals surface area contributed by atoms with Gasteiger partial charge in [-0.2, -0.15) is 0 Å². The molecule has 0 atom stereocenters. The van der Waals surface area contributed by atoms with E-state index in [4.69, 9.17) is 27.9 Å². The summed E-state index contributed by atoms with van der Waals surface area (Å²) in [6.07, 6.45) is 12.4. The Morgan fingerprint density at radius 3 is 2.11 bits per heavy atom. The molecule has 2 bridgehead atoms. The van der Waals surface area contributed by atoms with E-state index in [1.54, 1.807) is 0 Å². The number of ether oxygens (including phenoxy) is 1. The Bertz CT molecular complexity index is 924. The lowest BCUT2D eigenvalue weighted by Gasteiger charge is -2.56. The fourth-order valence-corrected chi connectivity index (χ4v) is 5.71. The van der Waals surface area contributed by atoms with Crippen molar-refractivity contribution in [3.8, 4) is 5.75 Å². The van der Waals surface area contributed by atoms with Crippen LogP contribution in [0.25, 0.3) is 0 Å². The first-order valence-corrected chi connectivity index (χ1v) is 13.7. The van der Waals surface area contributed by atoms with E-state index in [2.05, 4.69) is 16.2 Å². The van der Waals surface area contributed by atoms with E-state index in [1.165, 1.54) is 31.4 Å². The summed E-state index contributed by atoms with van der Waals surface area (Å²) in [6.45, 7) is -0.270. The van der Waals surface area contributed by atoms with Gasteiger partial charge in [-0.1, -0.05) is 69.4 Å². The van der Waals surface area contributed by atoms with Crippen LogP contribution in [-0.2, 0) is 14.4 Å². The standard InChI is InChI=1S/C26H36Cl2FN3O4/c27-15-22(33)31-32-24(35)25-12-8-6-4-2-1-3-5-7-9-13-26(17-25,18-25)30-23(34)16-36-19-10-11-20(28)21(29)14-19/h10-11,14H,1-9,12-13,15-18H2,(H,30,34)(H,31,33)(H,32,35). The van der Waals surface area contributed by atoms with E-state index in [0.717, 1.165) is 51.0 Å². The van der Waals surface area contributed by atoms with Crippen molar-refractivity contribution >= 4 is 40.9 Å². The molecular formula is C26H36Cl2FN3O4. The summed E-state index contributed by atoms with van der Waals surface area (Å²) in [5.41, 5.74) is 3.71. The lowest BCUT2D eigenvalue weighted by molar-refractivity contribution is -0.149. The third-order valence-electron chi connectivity index (χ3n) is 7.25. The van der Waals surface area contributed by atoms with Crippen molar-refractivity contribution in [3.63, 3.8) is 0 Å². The van der Waals surface area contributed by atoms with Crippen LogP contribution in [0.1, 0.15) is 83.5 Å². The molecule has 36 heavy (non-hydrogen) atoms. The number of carbonyl (C=O) groups excluding carboxylic acids is 3. The number of carbonyl (C=O) groups is 3. The van der Waals surface area contributed by atoms with Crippen molar-refractivity contribution in [2.45, 2.75) is 89.0 Å². The minimum Gasteiger partial charge on any atom is -0.484 e. The first-order chi connectivity index (χ1) is 17.3. The summed E-state index contributed by atoms with van der Waals surface area (Å²) >= 11 is 11.2. The number of hydrogen-bond donors (Lipinski definition) is 3. The van der Waals surface area contributed by atoms with Gasteiger partial charge in [0.2, 0.25) is 5.91 Å². The molecule has 200 valence electrons. The SMILES string of the molecule is O=C(CCl)NNC(=O)C12CCCCCCCCCCCC(NC(=O)COc3ccc(Cl)c(F)c3)(C1)C2. The Kier molecular flexibility index (Phi) is 10.7. The van der Waals surface area contributed by atoms with E-state index < -0.39 is 22.7 Å². The van der Waals surface area contributed by atoms with Gasteiger partial charge in [0.05, 0.1) is 10.4 Å². The van der Waals surface area contributed by atoms with Crippen LogP contribution >= 0.6 is 23.2 Å². The average Bonchev–Trinajstić information content (AvgIpc) is 2.84. The summed E-state index contributed by atoms with van der Waals surface area (Å²) in [6, 6.07) is 4.03. The Balaban J connectivity index is 1.67. The van der Waals surface area contributed by atoms with Crippen molar-refractivity contribution in [1.82, 2.24) is 16.2 Å². The first kappa shape index (κ1) is 28.5. The fourth-order valence-electron chi connectivity index (χ4n) is 5.53. The van der Waals surface area contributed by atoms with Gasteiger partial charge in [-0.05, 0) is 37.8 Å². The number of hydrogen-bond acceptors (Lipinski definition) is 4. The van der Waals surface area contributed by atoms with Gasteiger partial charge in [0.25, 0.3) is 11.8 Å². The van der Waals surface area contributed by atoms with E-state index in [-0.39, 0.29) is 35.1 Å². The number of nitrogens with one attached hydrogen (secondary N) is 3. The van der Waals surface area contributed by atoms with Crippen LogP contribution < -0.4 is 20.9 Å². The largest absolute Gasteiger partial charge is 0.484 e. The molecule has 0 aromatic heterocycles. The molecule has 3 fully saturated rings. The molecule has 1 aromatic rings. The van der Waals surface area contributed by atoms with Gasteiger partial charge in [-0.3, -0.25) is 25.2 Å². The van der Waals surface area contributed by atoms with E-state index in [9.17, 15) is 18.8 Å². The maximum Gasteiger partial charge on any atom is 0.258 e. The zero-order valence-corrected chi connectivity index (χ0v) is 22.1. The summed E-state index contributed by atoms with van der Waals surface area (Å²) < 4.78 is 19.2. The third-order valence-corrected chi connectivity index (χ3v) is 7.80. The molecule has 1 aromatic carbocycles. The molecule has 0 saturated heterocycles. The second-order valence-electron chi connectivity index (χ2n) is 10.1. The Morgan fingerprint density at radius 2 is 1.50 bits per heavy atom. The van der Waals surface area contributed by atoms with Crippen molar-refractivity contribution in [3.05, 3.63) is 29.0 Å². The van der Waals surface area contributed by atoms with Crippen LogP contribution in [0.15, 0.2) is 18.2 Å². The summed E-state index contributed by atoms with van der Waals surface area (Å²) in [7, 11) is 0. The van der Waals surface area contributed by atoms with Crippen LogP contribution in [0.2, 0.25) is 5.02 Å². The molecule has 3 saturated carbocycles. The topological polar surface area (TPSA) is 96.5 Å². The molecule has 0 heterocycles. The van der Waals surface area contributed by atoms with Crippen molar-refractivity contribution in [1.29, 1.82) is 0 Å². The molecule has 3 N–H and O–H groups in total. The molecule has 3 aliphatic carbocycles. The number of amides is 3. The number of benzene rings is 1. The molecule has 0 aliphatic heterocycles. The fraction of sp³-hybridized carbons (Fsp3) is 0.654. The molecule has 0 spiro atoms. The first-order valence-electron chi connectivity index (χ1n) is 12.8. The average molecular weight is 544 g/mol. The predicted octanol–water partition coefficient (Wildman–Crippen LogP) is 5.18. The molecule has 0 unspecified atom stereocenters. The molecule has 4 rings (SSSR count). The van der Waals surface area contributed by atoms with Crippen LogP contribution in [0.3, 0.4) is 0 Å². The van der Waals surface area contributed by atoms with Crippen LogP contribution in [0.5, 0.6) is 5.75 Å². The number of fused-ring (bicyclic) bond motifs is 10. The minimum atomic E-state index is -0.669. The van der Waals surface area contributed by atoms with Crippen molar-refractivity contribution < 1.29 is 23.5 Å². The van der Waals surface area contributed by atoms with Gasteiger partial charge in [0, 0.05) is 11.6 Å². The van der Waals surface area contributed by atoms with Crippen molar-refractivity contribution in [2.24, 2.45) is 5.41 Å². The number of alkyl halides is 1. The van der Waals surface area contributed by atoms with Crippen LogP contribution in [0.4, 0.5) is 4.39 Å². The smallest absolute Gasteiger partial charge is 0.258 e. The quantitative estimate of drug-likeness (QED) is 0.340. The van der Waals surface area contributed by atoms with Gasteiger partial charge < -0.3 is 10.1 Å². The Labute approximate surface area is 222 Å².